The van der Waals surface area contributed by atoms with Crippen molar-refractivity contribution in [3.63, 3.8) is 0 Å². The van der Waals surface area contributed by atoms with Crippen LogP contribution in [0, 0.1) is 13.8 Å². The maximum atomic E-state index is 6.56. The molecule has 0 saturated carbocycles. The number of hydrogen-bond donors (Lipinski definition) is 0. The zero-order valence-electron chi connectivity index (χ0n) is 15.2. The van der Waals surface area contributed by atoms with Gasteiger partial charge in [0.15, 0.2) is 5.82 Å². The van der Waals surface area contributed by atoms with Crippen LogP contribution in [0.2, 0.25) is 5.15 Å². The normalized spacial score (nSPS) is 14.3. The van der Waals surface area contributed by atoms with E-state index in [0.717, 1.165) is 48.7 Å². The Morgan fingerprint density at radius 3 is 2.58 bits per heavy atom. The first-order valence-corrected chi connectivity index (χ1v) is 9.37. The van der Waals surface area contributed by atoms with Crippen molar-refractivity contribution in [3.05, 3.63) is 81.6 Å². The average molecular weight is 364 g/mol. The summed E-state index contributed by atoms with van der Waals surface area (Å²) in [7, 11) is 0. The van der Waals surface area contributed by atoms with Gasteiger partial charge in [0.2, 0.25) is 0 Å². The predicted octanol–water partition coefficient (Wildman–Crippen LogP) is 4.97. The Balaban J connectivity index is 1.60. The Labute approximate surface area is 159 Å². The first kappa shape index (κ1) is 17.2. The lowest BCUT2D eigenvalue weighted by Crippen LogP contribution is -2.31. The summed E-state index contributed by atoms with van der Waals surface area (Å²) in [5, 5.41) is 0.584. The van der Waals surface area contributed by atoms with E-state index in [1.54, 1.807) is 0 Å². The van der Waals surface area contributed by atoms with Crippen LogP contribution in [-0.2, 0) is 19.5 Å². The van der Waals surface area contributed by atoms with Gasteiger partial charge in [-0.25, -0.2) is 9.97 Å². The first-order valence-electron chi connectivity index (χ1n) is 8.99. The van der Waals surface area contributed by atoms with Gasteiger partial charge in [0.1, 0.15) is 5.15 Å². The van der Waals surface area contributed by atoms with Gasteiger partial charge in [-0.3, -0.25) is 4.90 Å². The van der Waals surface area contributed by atoms with Crippen molar-refractivity contribution in [1.82, 2.24) is 14.9 Å². The van der Waals surface area contributed by atoms with Crippen molar-refractivity contribution < 1.29 is 0 Å². The van der Waals surface area contributed by atoms with E-state index in [9.17, 15) is 0 Å². The molecule has 3 aromatic rings. The lowest BCUT2D eigenvalue weighted by atomic mass is 10.0. The second kappa shape index (κ2) is 7.18. The van der Waals surface area contributed by atoms with Crippen LogP contribution in [0.25, 0.3) is 11.4 Å². The van der Waals surface area contributed by atoms with Gasteiger partial charge in [-0.2, -0.15) is 0 Å². The van der Waals surface area contributed by atoms with E-state index in [1.165, 1.54) is 16.7 Å². The SMILES string of the molecule is Cc1ccc(-c2nc(Cl)c3c(n2)CCN(Cc2ccccc2)C3)cc1C. The maximum Gasteiger partial charge on any atom is 0.161 e. The number of halogens is 1. The lowest BCUT2D eigenvalue weighted by molar-refractivity contribution is 0.243. The number of rotatable bonds is 3. The summed E-state index contributed by atoms with van der Waals surface area (Å²) in [6.45, 7) is 6.94. The molecule has 1 aliphatic rings. The molecule has 0 fully saturated rings. The molecule has 4 heteroatoms. The molecule has 0 N–H and O–H groups in total. The number of hydrogen-bond acceptors (Lipinski definition) is 3. The van der Waals surface area contributed by atoms with Crippen LogP contribution < -0.4 is 0 Å². The quantitative estimate of drug-likeness (QED) is 0.615. The van der Waals surface area contributed by atoms with E-state index in [0.29, 0.717) is 5.15 Å². The zero-order valence-corrected chi connectivity index (χ0v) is 15.9. The molecular formula is C22H22ClN3. The van der Waals surface area contributed by atoms with Crippen LogP contribution in [0.1, 0.15) is 27.9 Å². The number of nitrogens with zero attached hydrogens (tertiary/aromatic N) is 3. The number of aromatic nitrogens is 2. The fraction of sp³-hybridized carbons (Fsp3) is 0.273. The minimum absolute atomic E-state index is 0.584. The van der Waals surface area contributed by atoms with Crippen molar-refractivity contribution in [1.29, 1.82) is 0 Å². The van der Waals surface area contributed by atoms with Gasteiger partial charge >= 0.3 is 0 Å². The van der Waals surface area contributed by atoms with Crippen LogP contribution in [0.3, 0.4) is 0 Å². The Kier molecular flexibility index (Phi) is 4.75. The fourth-order valence-electron chi connectivity index (χ4n) is 3.42. The van der Waals surface area contributed by atoms with Crippen molar-refractivity contribution in [2.24, 2.45) is 0 Å². The first-order chi connectivity index (χ1) is 12.6. The summed E-state index contributed by atoms with van der Waals surface area (Å²) < 4.78 is 0. The maximum absolute atomic E-state index is 6.56. The summed E-state index contributed by atoms with van der Waals surface area (Å²) in [5.41, 5.74) is 7.02. The highest BCUT2D eigenvalue weighted by Gasteiger charge is 2.22. The molecule has 4 rings (SSSR count). The van der Waals surface area contributed by atoms with Gasteiger partial charge in [0.25, 0.3) is 0 Å². The number of benzene rings is 2. The van der Waals surface area contributed by atoms with Crippen molar-refractivity contribution >= 4 is 11.6 Å². The predicted molar refractivity (Wildman–Crippen MR) is 106 cm³/mol. The molecule has 2 aromatic carbocycles. The molecule has 0 bridgehead atoms. The molecule has 132 valence electrons. The van der Waals surface area contributed by atoms with Crippen LogP contribution in [0.5, 0.6) is 0 Å². The summed E-state index contributed by atoms with van der Waals surface area (Å²) in [6.07, 6.45) is 0.905. The largest absolute Gasteiger partial charge is 0.294 e. The summed E-state index contributed by atoms with van der Waals surface area (Å²) in [6, 6.07) is 16.9. The van der Waals surface area contributed by atoms with Crippen molar-refractivity contribution in [2.75, 3.05) is 6.54 Å². The molecule has 0 aliphatic carbocycles. The molecule has 0 unspecified atom stereocenters. The highest BCUT2D eigenvalue weighted by atomic mass is 35.5. The molecule has 0 atom stereocenters. The van der Waals surface area contributed by atoms with E-state index in [-0.39, 0.29) is 0 Å². The van der Waals surface area contributed by atoms with E-state index in [2.05, 4.69) is 66.2 Å². The third-order valence-corrected chi connectivity index (χ3v) is 5.42. The molecule has 0 saturated heterocycles. The van der Waals surface area contributed by atoms with E-state index in [4.69, 9.17) is 16.6 Å². The fourth-order valence-corrected chi connectivity index (χ4v) is 3.66. The number of fused-ring (bicyclic) bond motifs is 1. The molecule has 3 nitrogen and oxygen atoms in total. The molecule has 0 spiro atoms. The van der Waals surface area contributed by atoms with Crippen molar-refractivity contribution in [2.45, 2.75) is 33.4 Å². The summed E-state index contributed by atoms with van der Waals surface area (Å²) >= 11 is 6.56. The van der Waals surface area contributed by atoms with Gasteiger partial charge in [-0.1, -0.05) is 54.1 Å². The summed E-state index contributed by atoms with van der Waals surface area (Å²) in [4.78, 5) is 11.8. The van der Waals surface area contributed by atoms with Crippen molar-refractivity contribution in [3.8, 4) is 11.4 Å². The topological polar surface area (TPSA) is 29.0 Å². The Morgan fingerprint density at radius 1 is 1.00 bits per heavy atom. The molecule has 1 aromatic heterocycles. The highest BCUT2D eigenvalue weighted by Crippen LogP contribution is 2.28. The molecule has 0 amide bonds. The highest BCUT2D eigenvalue weighted by molar-refractivity contribution is 6.30. The van der Waals surface area contributed by atoms with Crippen LogP contribution in [0.4, 0.5) is 0 Å². The third kappa shape index (κ3) is 3.50. The van der Waals surface area contributed by atoms with Gasteiger partial charge in [0.05, 0.1) is 5.69 Å². The molecular weight excluding hydrogens is 342 g/mol. The lowest BCUT2D eigenvalue weighted by Gasteiger charge is -2.28. The monoisotopic (exact) mass is 363 g/mol. The second-order valence-electron chi connectivity index (χ2n) is 7.01. The molecule has 2 heterocycles. The smallest absolute Gasteiger partial charge is 0.161 e. The standard InChI is InChI=1S/C22H22ClN3/c1-15-8-9-18(12-16(15)2)22-24-20-10-11-26(14-19(20)21(23)25-22)13-17-6-4-3-5-7-17/h3-9,12H,10-11,13-14H2,1-2H3. The second-order valence-corrected chi connectivity index (χ2v) is 7.37. The minimum Gasteiger partial charge on any atom is -0.294 e. The third-order valence-electron chi connectivity index (χ3n) is 5.10. The molecule has 26 heavy (non-hydrogen) atoms. The van der Waals surface area contributed by atoms with Gasteiger partial charge in [0, 0.05) is 37.2 Å². The minimum atomic E-state index is 0.584. The van der Waals surface area contributed by atoms with E-state index in [1.807, 2.05) is 6.07 Å². The zero-order chi connectivity index (χ0) is 18.1. The average Bonchev–Trinajstić information content (AvgIpc) is 2.65. The Morgan fingerprint density at radius 2 is 1.81 bits per heavy atom. The van der Waals surface area contributed by atoms with Crippen LogP contribution in [0.15, 0.2) is 48.5 Å². The van der Waals surface area contributed by atoms with Crippen LogP contribution >= 0.6 is 11.6 Å². The van der Waals surface area contributed by atoms with E-state index < -0.39 is 0 Å². The summed E-state index contributed by atoms with van der Waals surface area (Å²) in [5.74, 6) is 0.730. The Hall–Kier alpha value is -2.23. The van der Waals surface area contributed by atoms with Gasteiger partial charge in [-0.15, -0.1) is 0 Å². The Bertz CT molecular complexity index is 938. The molecule has 0 radical (unpaired) electrons. The van der Waals surface area contributed by atoms with E-state index >= 15 is 0 Å². The number of aryl methyl sites for hydroxylation is 2. The van der Waals surface area contributed by atoms with Gasteiger partial charge < -0.3 is 0 Å². The molecule has 1 aliphatic heterocycles. The van der Waals surface area contributed by atoms with Gasteiger partial charge in [-0.05, 0) is 36.6 Å². The van der Waals surface area contributed by atoms with Crippen LogP contribution in [-0.4, -0.2) is 21.4 Å².